The summed E-state index contributed by atoms with van der Waals surface area (Å²) in [7, 11) is 3.85. The number of nitrogens with zero attached hydrogens (tertiary/aromatic N) is 2. The third kappa shape index (κ3) is 3.94. The zero-order valence-electron chi connectivity index (χ0n) is 14.9. The maximum atomic E-state index is 12.2. The monoisotopic (exact) mass is 341 g/mol. The maximum absolute atomic E-state index is 12.2. The smallest absolute Gasteiger partial charge is 0.330 e. The molecule has 2 heterocycles. The van der Waals surface area contributed by atoms with Gasteiger partial charge in [-0.1, -0.05) is 13.8 Å². The lowest BCUT2D eigenvalue weighted by Crippen LogP contribution is -2.41. The second-order valence-corrected chi connectivity index (χ2v) is 6.84. The molecule has 4 atom stereocenters. The molecular weight excluding hydrogens is 314 g/mol. The van der Waals surface area contributed by atoms with Crippen LogP contribution in [-0.2, 0) is 9.47 Å². The SMILES string of the molecule is Cc1cn([C@@H]2O[C@H](C(C)C)C(O)C2OCCN(C)C)c(=O)[nH]c1=O. The van der Waals surface area contributed by atoms with Gasteiger partial charge in [0.2, 0.25) is 0 Å². The molecule has 1 aromatic rings. The zero-order valence-corrected chi connectivity index (χ0v) is 14.9. The van der Waals surface area contributed by atoms with E-state index in [4.69, 9.17) is 9.47 Å². The highest BCUT2D eigenvalue weighted by atomic mass is 16.6. The van der Waals surface area contributed by atoms with Crippen molar-refractivity contribution in [3.63, 3.8) is 0 Å². The van der Waals surface area contributed by atoms with Crippen LogP contribution in [0.25, 0.3) is 0 Å². The van der Waals surface area contributed by atoms with Gasteiger partial charge in [-0.15, -0.1) is 0 Å². The number of likely N-dealkylation sites (N-methyl/N-ethyl adjacent to an activating group) is 1. The quantitative estimate of drug-likeness (QED) is 0.738. The molecule has 0 spiro atoms. The summed E-state index contributed by atoms with van der Waals surface area (Å²) >= 11 is 0. The van der Waals surface area contributed by atoms with Crippen LogP contribution < -0.4 is 11.2 Å². The van der Waals surface area contributed by atoms with Gasteiger partial charge in [0, 0.05) is 18.3 Å². The van der Waals surface area contributed by atoms with E-state index in [0.717, 1.165) is 0 Å². The van der Waals surface area contributed by atoms with Crippen LogP contribution in [0, 0.1) is 12.8 Å². The van der Waals surface area contributed by atoms with Crippen LogP contribution in [0.4, 0.5) is 0 Å². The van der Waals surface area contributed by atoms with Crippen LogP contribution in [0.3, 0.4) is 0 Å². The molecular formula is C16H27N3O5. The van der Waals surface area contributed by atoms with Crippen LogP contribution >= 0.6 is 0 Å². The number of H-pyrrole nitrogens is 1. The Bertz CT molecular complexity index is 666. The van der Waals surface area contributed by atoms with Crippen molar-refractivity contribution in [3.05, 3.63) is 32.6 Å². The molecule has 0 amide bonds. The van der Waals surface area contributed by atoms with Gasteiger partial charge in [0.15, 0.2) is 6.23 Å². The van der Waals surface area contributed by atoms with E-state index in [0.29, 0.717) is 18.7 Å². The second kappa shape index (κ2) is 7.60. The molecule has 8 heteroatoms. The molecule has 0 aromatic carbocycles. The van der Waals surface area contributed by atoms with Gasteiger partial charge in [-0.05, 0) is 26.9 Å². The molecule has 2 unspecified atom stereocenters. The number of aromatic nitrogens is 2. The summed E-state index contributed by atoms with van der Waals surface area (Å²) in [5.74, 6) is 0.0597. The minimum absolute atomic E-state index is 0.0597. The Hall–Kier alpha value is -1.48. The van der Waals surface area contributed by atoms with Crippen molar-refractivity contribution in [2.24, 2.45) is 5.92 Å². The van der Waals surface area contributed by atoms with E-state index in [-0.39, 0.29) is 5.92 Å². The molecule has 1 fully saturated rings. The largest absolute Gasteiger partial charge is 0.387 e. The summed E-state index contributed by atoms with van der Waals surface area (Å²) in [6.07, 6.45) is -1.31. The first-order valence-corrected chi connectivity index (χ1v) is 8.14. The Balaban J connectivity index is 2.31. The van der Waals surface area contributed by atoms with Gasteiger partial charge in [-0.25, -0.2) is 4.79 Å². The predicted molar refractivity (Wildman–Crippen MR) is 89.1 cm³/mol. The van der Waals surface area contributed by atoms with Gasteiger partial charge >= 0.3 is 5.69 Å². The fourth-order valence-corrected chi connectivity index (χ4v) is 2.78. The lowest BCUT2D eigenvalue weighted by Gasteiger charge is -2.23. The van der Waals surface area contributed by atoms with E-state index < -0.39 is 35.8 Å². The molecule has 8 nitrogen and oxygen atoms in total. The summed E-state index contributed by atoms with van der Waals surface area (Å²) in [5.41, 5.74) is -0.610. The predicted octanol–water partition coefficient (Wildman–Crippen LogP) is -0.294. The van der Waals surface area contributed by atoms with E-state index in [9.17, 15) is 14.7 Å². The first kappa shape index (κ1) is 18.9. The first-order valence-electron chi connectivity index (χ1n) is 8.14. The number of nitrogens with one attached hydrogen (secondary N) is 1. The Labute approximate surface area is 141 Å². The third-order valence-corrected chi connectivity index (χ3v) is 4.18. The van der Waals surface area contributed by atoms with E-state index >= 15 is 0 Å². The van der Waals surface area contributed by atoms with Crippen molar-refractivity contribution in [1.82, 2.24) is 14.5 Å². The van der Waals surface area contributed by atoms with Crippen molar-refractivity contribution in [2.75, 3.05) is 27.2 Å². The summed E-state index contributed by atoms with van der Waals surface area (Å²) in [6.45, 7) is 6.57. The van der Waals surface area contributed by atoms with Gasteiger partial charge in [-0.3, -0.25) is 14.3 Å². The van der Waals surface area contributed by atoms with Crippen molar-refractivity contribution in [1.29, 1.82) is 0 Å². The minimum atomic E-state index is -0.851. The molecule has 0 radical (unpaired) electrons. The van der Waals surface area contributed by atoms with E-state index in [1.807, 2.05) is 32.8 Å². The highest BCUT2D eigenvalue weighted by molar-refractivity contribution is 5.03. The molecule has 0 aliphatic carbocycles. The Morgan fingerprint density at radius 1 is 1.42 bits per heavy atom. The summed E-state index contributed by atoms with van der Waals surface area (Å²) < 4.78 is 13.0. The van der Waals surface area contributed by atoms with Crippen molar-refractivity contribution in [3.8, 4) is 0 Å². The van der Waals surface area contributed by atoms with Crippen molar-refractivity contribution < 1.29 is 14.6 Å². The second-order valence-electron chi connectivity index (χ2n) is 6.84. The molecule has 1 aliphatic rings. The van der Waals surface area contributed by atoms with Gasteiger partial charge in [0.1, 0.15) is 12.2 Å². The average Bonchev–Trinajstić information content (AvgIpc) is 2.80. The minimum Gasteiger partial charge on any atom is -0.387 e. The lowest BCUT2D eigenvalue weighted by atomic mass is 10.0. The Morgan fingerprint density at radius 2 is 2.08 bits per heavy atom. The fourth-order valence-electron chi connectivity index (χ4n) is 2.78. The summed E-state index contributed by atoms with van der Waals surface area (Å²) in [5, 5.41) is 10.6. The number of rotatable bonds is 6. The van der Waals surface area contributed by atoms with Crippen molar-refractivity contribution in [2.45, 2.75) is 45.3 Å². The molecule has 24 heavy (non-hydrogen) atoms. The lowest BCUT2D eigenvalue weighted by molar-refractivity contribution is -0.0758. The Kier molecular flexibility index (Phi) is 5.97. The van der Waals surface area contributed by atoms with Crippen LogP contribution in [0.2, 0.25) is 0 Å². The molecule has 2 N–H and O–H groups in total. The number of aliphatic hydroxyl groups excluding tert-OH is 1. The highest BCUT2D eigenvalue weighted by Gasteiger charge is 2.47. The number of hydrogen-bond donors (Lipinski definition) is 2. The topological polar surface area (TPSA) is 96.8 Å². The van der Waals surface area contributed by atoms with Crippen LogP contribution in [-0.4, -0.2) is 65.1 Å². The third-order valence-electron chi connectivity index (χ3n) is 4.18. The standard InChI is InChI=1S/C16H27N3O5/c1-9(2)12-11(20)13(23-7-6-18(4)5)15(24-12)19-8-10(3)14(21)17-16(19)22/h8-9,11-13,15,20H,6-7H2,1-5H3,(H,17,21,22)/t11?,12-,13?,15-/m1/s1. The van der Waals surface area contributed by atoms with E-state index in [1.165, 1.54) is 10.8 Å². The molecule has 136 valence electrons. The normalized spacial score (nSPS) is 27.3. The van der Waals surface area contributed by atoms with Gasteiger partial charge in [0.25, 0.3) is 5.56 Å². The maximum Gasteiger partial charge on any atom is 0.330 e. The number of aromatic amines is 1. The average molecular weight is 341 g/mol. The number of hydrogen-bond acceptors (Lipinski definition) is 6. The van der Waals surface area contributed by atoms with Gasteiger partial charge in [0.05, 0.1) is 12.7 Å². The zero-order chi connectivity index (χ0) is 18.0. The van der Waals surface area contributed by atoms with Gasteiger partial charge < -0.3 is 19.5 Å². The molecule has 1 aromatic heterocycles. The Morgan fingerprint density at radius 3 is 2.67 bits per heavy atom. The van der Waals surface area contributed by atoms with Gasteiger partial charge in [-0.2, -0.15) is 0 Å². The van der Waals surface area contributed by atoms with E-state index in [1.54, 1.807) is 6.92 Å². The summed E-state index contributed by atoms with van der Waals surface area (Å²) in [6, 6.07) is 0. The molecule has 0 saturated carbocycles. The number of aryl methyl sites for hydroxylation is 1. The summed E-state index contributed by atoms with van der Waals surface area (Å²) in [4.78, 5) is 28.0. The highest BCUT2D eigenvalue weighted by Crippen LogP contribution is 2.34. The number of aliphatic hydroxyl groups is 1. The first-order chi connectivity index (χ1) is 11.2. The van der Waals surface area contributed by atoms with Crippen LogP contribution in [0.15, 0.2) is 15.8 Å². The molecule has 1 saturated heterocycles. The van der Waals surface area contributed by atoms with Crippen molar-refractivity contribution >= 4 is 0 Å². The molecule has 0 bridgehead atoms. The number of ether oxygens (including phenoxy) is 2. The van der Waals surface area contributed by atoms with Crippen LogP contribution in [0.5, 0.6) is 0 Å². The molecule has 1 aliphatic heterocycles. The fraction of sp³-hybridized carbons (Fsp3) is 0.750. The van der Waals surface area contributed by atoms with Crippen LogP contribution in [0.1, 0.15) is 25.6 Å². The van der Waals surface area contributed by atoms with E-state index in [2.05, 4.69) is 4.98 Å². The molecule has 2 rings (SSSR count).